The molecule has 0 bridgehead atoms. The number of rotatable bonds is 5. The fraction of sp³-hybridized carbons (Fsp3) is 0. The maximum Gasteiger partial charge on any atom is 0.203 e. The second-order valence-corrected chi connectivity index (χ2v) is 10.00. The molecule has 0 aliphatic rings. The molecule has 0 aliphatic carbocycles. The van der Waals surface area contributed by atoms with Crippen molar-refractivity contribution in [3.63, 3.8) is 0 Å². The van der Waals surface area contributed by atoms with Gasteiger partial charge in [-0.2, -0.15) is 0 Å². The van der Waals surface area contributed by atoms with Gasteiger partial charge in [0.1, 0.15) is 0 Å². The van der Waals surface area contributed by atoms with Gasteiger partial charge in [0, 0.05) is 21.1 Å². The highest BCUT2D eigenvalue weighted by Gasteiger charge is 2.19. The number of hydrogen-bond acceptors (Lipinski definition) is 6. The van der Waals surface area contributed by atoms with Crippen molar-refractivity contribution in [1.82, 2.24) is 19.7 Å². The van der Waals surface area contributed by atoms with Gasteiger partial charge in [0.05, 0.1) is 10.6 Å². The number of thiazole rings is 1. The van der Waals surface area contributed by atoms with Crippen LogP contribution in [0.15, 0.2) is 91.5 Å². The predicted molar refractivity (Wildman–Crippen MR) is 124 cm³/mol. The molecule has 29 heavy (non-hydrogen) atoms. The van der Waals surface area contributed by atoms with Crippen molar-refractivity contribution in [1.29, 1.82) is 0 Å². The van der Waals surface area contributed by atoms with Crippen molar-refractivity contribution in [3.05, 3.63) is 82.0 Å². The first-order valence-corrected chi connectivity index (χ1v) is 12.1. The molecule has 0 aliphatic heterocycles. The summed E-state index contributed by atoms with van der Waals surface area (Å²) in [4.78, 5) is 5.87. The summed E-state index contributed by atoms with van der Waals surface area (Å²) in [6.07, 6.45) is 0. The lowest BCUT2D eigenvalue weighted by Gasteiger charge is -2.08. The summed E-state index contributed by atoms with van der Waals surface area (Å²) in [6.45, 7) is 0. The van der Waals surface area contributed by atoms with E-state index in [1.54, 1.807) is 22.7 Å². The maximum atomic E-state index is 4.79. The van der Waals surface area contributed by atoms with Crippen molar-refractivity contribution in [2.24, 2.45) is 0 Å². The number of aromatic nitrogens is 4. The molecule has 2 aromatic carbocycles. The van der Waals surface area contributed by atoms with Crippen LogP contribution in [0.2, 0.25) is 0 Å². The van der Waals surface area contributed by atoms with Crippen LogP contribution in [0.1, 0.15) is 0 Å². The molecule has 8 heteroatoms. The molecule has 4 nitrogen and oxygen atoms in total. The van der Waals surface area contributed by atoms with Crippen LogP contribution in [0.4, 0.5) is 0 Å². The van der Waals surface area contributed by atoms with Crippen LogP contribution in [0.3, 0.4) is 0 Å². The van der Waals surface area contributed by atoms with E-state index < -0.39 is 0 Å². The summed E-state index contributed by atoms with van der Waals surface area (Å²) in [5, 5.41) is 13.9. The van der Waals surface area contributed by atoms with Gasteiger partial charge in [0.15, 0.2) is 10.2 Å². The normalized spacial score (nSPS) is 11.1. The quantitative estimate of drug-likeness (QED) is 0.261. The van der Waals surface area contributed by atoms with Gasteiger partial charge in [0.25, 0.3) is 0 Å². The summed E-state index contributed by atoms with van der Waals surface area (Å²) in [5.74, 6) is 0.838. The Morgan fingerprint density at radius 2 is 1.69 bits per heavy atom. The Morgan fingerprint density at radius 3 is 2.45 bits per heavy atom. The maximum absolute atomic E-state index is 4.79. The third-order valence-electron chi connectivity index (χ3n) is 4.19. The average Bonchev–Trinajstić information content (AvgIpc) is 3.51. The van der Waals surface area contributed by atoms with Gasteiger partial charge in [-0.3, -0.25) is 4.57 Å². The molecule has 3 aromatic heterocycles. The lowest BCUT2D eigenvalue weighted by Crippen LogP contribution is -1.98. The lowest BCUT2D eigenvalue weighted by atomic mass is 10.2. The minimum absolute atomic E-state index is 0.796. The van der Waals surface area contributed by atoms with E-state index in [1.807, 2.05) is 36.4 Å². The second-order valence-electron chi connectivity index (χ2n) is 6.06. The third-order valence-corrected chi connectivity index (χ3v) is 7.47. The molecule has 3 heterocycles. The zero-order valence-electron chi connectivity index (χ0n) is 14.9. The molecule has 0 saturated heterocycles. The zero-order chi connectivity index (χ0) is 19.6. The Hall–Kier alpha value is -2.26. The van der Waals surface area contributed by atoms with Gasteiger partial charge >= 0.3 is 0 Å². The van der Waals surface area contributed by atoms with Crippen LogP contribution in [-0.4, -0.2) is 19.7 Å². The SMILES string of the molecule is Brc1ccc(-n2c(Sc3nc(-c4ccccc4)cs3)nnc2-c2cccs2)cc1. The summed E-state index contributed by atoms with van der Waals surface area (Å²) in [6, 6.07) is 22.5. The first-order chi connectivity index (χ1) is 14.3. The van der Waals surface area contributed by atoms with Gasteiger partial charge in [-0.05, 0) is 47.5 Å². The Morgan fingerprint density at radius 1 is 0.862 bits per heavy atom. The van der Waals surface area contributed by atoms with Crippen molar-refractivity contribution in [2.45, 2.75) is 9.50 Å². The second kappa shape index (κ2) is 8.23. The number of hydrogen-bond donors (Lipinski definition) is 0. The van der Waals surface area contributed by atoms with Crippen LogP contribution in [0.5, 0.6) is 0 Å². The Kier molecular flexibility index (Phi) is 5.32. The molecule has 0 amide bonds. The van der Waals surface area contributed by atoms with Crippen LogP contribution in [-0.2, 0) is 0 Å². The monoisotopic (exact) mass is 496 g/mol. The average molecular weight is 497 g/mol. The molecule has 0 spiro atoms. The van der Waals surface area contributed by atoms with E-state index in [-0.39, 0.29) is 0 Å². The molecular formula is C21H13BrN4S3. The molecule has 0 unspecified atom stereocenters. The number of benzene rings is 2. The van der Waals surface area contributed by atoms with Gasteiger partial charge in [0.2, 0.25) is 5.16 Å². The van der Waals surface area contributed by atoms with E-state index >= 15 is 0 Å². The van der Waals surface area contributed by atoms with Gasteiger partial charge in [-0.25, -0.2) is 4.98 Å². The topological polar surface area (TPSA) is 43.6 Å². The molecule has 5 rings (SSSR count). The Bertz CT molecular complexity index is 1230. The minimum atomic E-state index is 0.796. The van der Waals surface area contributed by atoms with Crippen LogP contribution >= 0.6 is 50.4 Å². The molecule has 5 aromatic rings. The minimum Gasteiger partial charge on any atom is -0.269 e. The van der Waals surface area contributed by atoms with Crippen molar-refractivity contribution in [3.8, 4) is 27.6 Å². The van der Waals surface area contributed by atoms with E-state index in [0.717, 1.165) is 41.6 Å². The standard InChI is InChI=1S/C21H13BrN4S3/c22-15-8-10-16(11-9-15)26-19(18-7-4-12-27-18)24-25-20(26)29-21-23-17(13-28-21)14-5-2-1-3-6-14/h1-13H. The molecule has 0 saturated carbocycles. The summed E-state index contributed by atoms with van der Waals surface area (Å²) in [5.41, 5.74) is 3.11. The summed E-state index contributed by atoms with van der Waals surface area (Å²) < 4.78 is 4.06. The summed E-state index contributed by atoms with van der Waals surface area (Å²) >= 11 is 8.32. The number of nitrogens with zero attached hydrogens (tertiary/aromatic N) is 4. The first-order valence-electron chi connectivity index (χ1n) is 8.72. The summed E-state index contributed by atoms with van der Waals surface area (Å²) in [7, 11) is 0. The molecule has 0 N–H and O–H groups in total. The lowest BCUT2D eigenvalue weighted by molar-refractivity contribution is 0.886. The number of halogens is 1. The van der Waals surface area contributed by atoms with E-state index in [4.69, 9.17) is 4.98 Å². The Labute approximate surface area is 188 Å². The molecule has 0 atom stereocenters. The van der Waals surface area contributed by atoms with Crippen molar-refractivity contribution >= 4 is 50.4 Å². The van der Waals surface area contributed by atoms with E-state index in [2.05, 4.69) is 71.8 Å². The highest BCUT2D eigenvalue weighted by molar-refractivity contribution is 9.10. The molecule has 0 fully saturated rings. The van der Waals surface area contributed by atoms with Gasteiger partial charge in [-0.1, -0.05) is 52.3 Å². The van der Waals surface area contributed by atoms with Gasteiger partial charge in [-0.15, -0.1) is 32.9 Å². The fourth-order valence-electron chi connectivity index (χ4n) is 2.85. The highest BCUT2D eigenvalue weighted by Crippen LogP contribution is 2.36. The van der Waals surface area contributed by atoms with Gasteiger partial charge < -0.3 is 0 Å². The Balaban J connectivity index is 1.54. The highest BCUT2D eigenvalue weighted by atomic mass is 79.9. The third kappa shape index (κ3) is 3.93. The number of thiophene rings is 1. The smallest absolute Gasteiger partial charge is 0.203 e. The molecule has 142 valence electrons. The van der Waals surface area contributed by atoms with Crippen LogP contribution in [0, 0.1) is 0 Å². The first kappa shape index (κ1) is 18.7. The molecular weight excluding hydrogens is 484 g/mol. The van der Waals surface area contributed by atoms with Crippen molar-refractivity contribution < 1.29 is 0 Å². The predicted octanol–water partition coefficient (Wildman–Crippen LogP) is 7.03. The fourth-order valence-corrected chi connectivity index (χ4v) is 5.59. The van der Waals surface area contributed by atoms with Crippen LogP contribution < -0.4 is 0 Å². The van der Waals surface area contributed by atoms with E-state index in [9.17, 15) is 0 Å². The van der Waals surface area contributed by atoms with E-state index in [0.29, 0.717) is 0 Å². The zero-order valence-corrected chi connectivity index (χ0v) is 18.9. The van der Waals surface area contributed by atoms with E-state index in [1.165, 1.54) is 11.8 Å². The van der Waals surface area contributed by atoms with Crippen LogP contribution in [0.25, 0.3) is 27.6 Å². The van der Waals surface area contributed by atoms with Crippen molar-refractivity contribution in [2.75, 3.05) is 0 Å². The molecule has 0 radical (unpaired) electrons. The largest absolute Gasteiger partial charge is 0.269 e.